The minimum Gasteiger partial charge on any atom is -0.383 e. The van der Waals surface area contributed by atoms with Crippen LogP contribution in [0, 0.1) is 0 Å². The predicted molar refractivity (Wildman–Crippen MR) is 80.5 cm³/mol. The molecule has 2 aromatic rings. The molecule has 3 heterocycles. The highest BCUT2D eigenvalue weighted by Crippen LogP contribution is 2.20. The van der Waals surface area contributed by atoms with Crippen LogP contribution in [0.5, 0.6) is 0 Å². The maximum Gasteiger partial charge on any atom is 0.329 e. The lowest BCUT2D eigenvalue weighted by atomic mass is 10.4. The number of ether oxygens (including phenoxy) is 2. The molecule has 0 amide bonds. The number of morpholine rings is 1. The first-order valence-corrected chi connectivity index (χ1v) is 7.14. The van der Waals surface area contributed by atoms with Crippen molar-refractivity contribution in [2.45, 2.75) is 6.54 Å². The van der Waals surface area contributed by atoms with Crippen LogP contribution in [0.15, 0.2) is 9.59 Å². The van der Waals surface area contributed by atoms with Crippen LogP contribution in [0.4, 0.5) is 5.95 Å². The summed E-state index contributed by atoms with van der Waals surface area (Å²) in [5.74, 6) is 0.669. The van der Waals surface area contributed by atoms with Gasteiger partial charge in [0.05, 0.1) is 19.8 Å². The Morgan fingerprint density at radius 1 is 1.32 bits per heavy atom. The van der Waals surface area contributed by atoms with E-state index in [0.717, 1.165) is 0 Å². The van der Waals surface area contributed by atoms with E-state index in [1.807, 2.05) is 4.57 Å². The number of anilines is 1. The number of aryl methyl sites for hydroxylation is 1. The molecule has 0 aliphatic carbocycles. The summed E-state index contributed by atoms with van der Waals surface area (Å²) in [7, 11) is 3.20. The molecule has 1 aliphatic heterocycles. The van der Waals surface area contributed by atoms with Crippen molar-refractivity contribution in [2.75, 3.05) is 44.9 Å². The standard InChI is InChI=1S/C13H19N5O4/c1-16-10-9(11(19)15-13(16)20)18(5-6-21-2)12(14-10)17-3-7-22-8-4-17/h3-8H2,1-2H3,(H,15,19,20). The van der Waals surface area contributed by atoms with Gasteiger partial charge >= 0.3 is 5.69 Å². The van der Waals surface area contributed by atoms with Crippen molar-refractivity contribution in [1.82, 2.24) is 19.1 Å². The number of hydrogen-bond acceptors (Lipinski definition) is 6. The average Bonchev–Trinajstić information content (AvgIpc) is 2.91. The van der Waals surface area contributed by atoms with E-state index < -0.39 is 11.2 Å². The van der Waals surface area contributed by atoms with Crippen LogP contribution >= 0.6 is 0 Å². The van der Waals surface area contributed by atoms with Gasteiger partial charge in [-0.15, -0.1) is 0 Å². The highest BCUT2D eigenvalue weighted by Gasteiger charge is 2.22. The molecule has 120 valence electrons. The molecule has 0 spiro atoms. The van der Waals surface area contributed by atoms with Crippen LogP contribution in [0.3, 0.4) is 0 Å². The summed E-state index contributed by atoms with van der Waals surface area (Å²) in [6.07, 6.45) is 0. The van der Waals surface area contributed by atoms with Gasteiger partial charge in [-0.25, -0.2) is 4.79 Å². The molecule has 0 unspecified atom stereocenters. The largest absolute Gasteiger partial charge is 0.383 e. The second kappa shape index (κ2) is 5.93. The van der Waals surface area contributed by atoms with Gasteiger partial charge in [-0.3, -0.25) is 14.3 Å². The van der Waals surface area contributed by atoms with Crippen LogP contribution in [0.2, 0.25) is 0 Å². The molecule has 2 aromatic heterocycles. The van der Waals surface area contributed by atoms with Gasteiger partial charge in [-0.2, -0.15) is 4.98 Å². The Balaban J connectivity index is 2.21. The summed E-state index contributed by atoms with van der Waals surface area (Å²) < 4.78 is 13.6. The van der Waals surface area contributed by atoms with E-state index in [1.165, 1.54) is 4.57 Å². The van der Waals surface area contributed by atoms with Gasteiger partial charge in [0, 0.05) is 33.8 Å². The number of fused-ring (bicyclic) bond motifs is 1. The first-order valence-electron chi connectivity index (χ1n) is 7.14. The minimum absolute atomic E-state index is 0.381. The molecule has 0 atom stereocenters. The van der Waals surface area contributed by atoms with Gasteiger partial charge < -0.3 is 18.9 Å². The van der Waals surface area contributed by atoms with E-state index in [0.29, 0.717) is 56.6 Å². The fourth-order valence-corrected chi connectivity index (χ4v) is 2.62. The van der Waals surface area contributed by atoms with Crippen LogP contribution in [0.1, 0.15) is 0 Å². The molecular formula is C13H19N5O4. The maximum atomic E-state index is 12.2. The summed E-state index contributed by atoms with van der Waals surface area (Å²) in [6, 6.07) is 0. The third kappa shape index (κ3) is 2.42. The van der Waals surface area contributed by atoms with Crippen molar-refractivity contribution in [1.29, 1.82) is 0 Å². The monoisotopic (exact) mass is 309 g/mol. The lowest BCUT2D eigenvalue weighted by molar-refractivity contribution is 0.121. The van der Waals surface area contributed by atoms with Crippen molar-refractivity contribution < 1.29 is 9.47 Å². The van der Waals surface area contributed by atoms with Gasteiger partial charge in [0.2, 0.25) is 5.95 Å². The summed E-state index contributed by atoms with van der Waals surface area (Å²) in [4.78, 5) is 32.9. The van der Waals surface area contributed by atoms with Gasteiger partial charge in [0.15, 0.2) is 11.2 Å². The van der Waals surface area contributed by atoms with Crippen LogP contribution in [-0.4, -0.2) is 59.1 Å². The minimum atomic E-state index is -0.470. The fourth-order valence-electron chi connectivity index (χ4n) is 2.62. The Morgan fingerprint density at radius 3 is 2.73 bits per heavy atom. The van der Waals surface area contributed by atoms with Gasteiger partial charge in [-0.1, -0.05) is 0 Å². The highest BCUT2D eigenvalue weighted by atomic mass is 16.5. The van der Waals surface area contributed by atoms with E-state index in [-0.39, 0.29) is 0 Å². The van der Waals surface area contributed by atoms with Crippen molar-refractivity contribution in [3.8, 4) is 0 Å². The number of methoxy groups -OCH3 is 1. The van der Waals surface area contributed by atoms with Crippen molar-refractivity contribution in [2.24, 2.45) is 7.05 Å². The molecule has 0 bridgehead atoms. The van der Waals surface area contributed by atoms with Crippen LogP contribution < -0.4 is 16.1 Å². The van der Waals surface area contributed by atoms with Gasteiger partial charge in [0.25, 0.3) is 5.56 Å². The van der Waals surface area contributed by atoms with Crippen molar-refractivity contribution >= 4 is 17.1 Å². The number of aromatic amines is 1. The summed E-state index contributed by atoms with van der Waals surface area (Å²) in [5.41, 5.74) is -0.129. The van der Waals surface area contributed by atoms with Crippen molar-refractivity contribution in [3.63, 3.8) is 0 Å². The Bertz CT molecular complexity index is 784. The molecule has 0 aromatic carbocycles. The molecule has 1 aliphatic rings. The summed E-state index contributed by atoms with van der Waals surface area (Å²) in [6.45, 7) is 3.56. The van der Waals surface area contributed by atoms with E-state index in [2.05, 4.69) is 14.9 Å². The van der Waals surface area contributed by atoms with E-state index in [4.69, 9.17) is 9.47 Å². The van der Waals surface area contributed by atoms with Gasteiger partial charge in [-0.05, 0) is 0 Å². The third-order valence-corrected chi connectivity index (χ3v) is 3.80. The number of nitrogens with one attached hydrogen (secondary N) is 1. The molecule has 22 heavy (non-hydrogen) atoms. The Hall–Kier alpha value is -2.13. The third-order valence-electron chi connectivity index (χ3n) is 3.80. The number of nitrogens with zero attached hydrogens (tertiary/aromatic N) is 4. The topological polar surface area (TPSA) is 94.4 Å². The zero-order valence-corrected chi connectivity index (χ0v) is 12.7. The zero-order chi connectivity index (χ0) is 15.7. The van der Waals surface area contributed by atoms with E-state index in [9.17, 15) is 9.59 Å². The van der Waals surface area contributed by atoms with E-state index >= 15 is 0 Å². The number of aromatic nitrogens is 4. The van der Waals surface area contributed by atoms with Gasteiger partial charge in [0.1, 0.15) is 0 Å². The molecular weight excluding hydrogens is 290 g/mol. The molecule has 9 nitrogen and oxygen atoms in total. The number of imidazole rings is 1. The Morgan fingerprint density at radius 2 is 2.05 bits per heavy atom. The quantitative estimate of drug-likeness (QED) is 0.771. The molecule has 9 heteroatoms. The van der Waals surface area contributed by atoms with Crippen molar-refractivity contribution in [3.05, 3.63) is 20.8 Å². The predicted octanol–water partition coefficient (Wildman–Crippen LogP) is -1.09. The second-order valence-corrected chi connectivity index (χ2v) is 5.15. The number of H-pyrrole nitrogens is 1. The smallest absolute Gasteiger partial charge is 0.329 e. The number of rotatable bonds is 4. The Kier molecular flexibility index (Phi) is 3.99. The average molecular weight is 309 g/mol. The summed E-state index contributed by atoms with van der Waals surface area (Å²) >= 11 is 0. The first kappa shape index (κ1) is 14.8. The molecule has 1 fully saturated rings. The second-order valence-electron chi connectivity index (χ2n) is 5.15. The highest BCUT2D eigenvalue weighted by molar-refractivity contribution is 5.74. The van der Waals surface area contributed by atoms with Crippen LogP contribution in [-0.2, 0) is 23.1 Å². The number of hydrogen-bond donors (Lipinski definition) is 1. The molecule has 1 saturated heterocycles. The first-order chi connectivity index (χ1) is 10.6. The maximum absolute atomic E-state index is 12.2. The van der Waals surface area contributed by atoms with E-state index in [1.54, 1.807) is 14.2 Å². The molecule has 1 N–H and O–H groups in total. The lowest BCUT2D eigenvalue weighted by Crippen LogP contribution is -2.38. The normalized spacial score (nSPS) is 15.6. The lowest BCUT2D eigenvalue weighted by Gasteiger charge is -2.28. The SMILES string of the molecule is COCCn1c(N2CCOCC2)nc2c1c(=O)[nH]c(=O)n2C. The molecule has 0 saturated carbocycles. The molecule has 0 radical (unpaired) electrons. The molecule has 3 rings (SSSR count). The zero-order valence-electron chi connectivity index (χ0n) is 12.7. The van der Waals surface area contributed by atoms with Crippen LogP contribution in [0.25, 0.3) is 11.2 Å². The Labute approximate surface area is 126 Å². The fraction of sp³-hybridized carbons (Fsp3) is 0.615. The summed E-state index contributed by atoms with van der Waals surface area (Å²) in [5, 5.41) is 0.